The summed E-state index contributed by atoms with van der Waals surface area (Å²) in [5.74, 6) is -1.40. The molecule has 0 aromatic heterocycles. The minimum Gasteiger partial charge on any atom is -0.481 e. The van der Waals surface area contributed by atoms with Crippen LogP contribution < -0.4 is 4.74 Å². The van der Waals surface area contributed by atoms with Crippen LogP contribution in [0.25, 0.3) is 0 Å². The van der Waals surface area contributed by atoms with Crippen molar-refractivity contribution in [1.82, 2.24) is 0 Å². The van der Waals surface area contributed by atoms with Crippen molar-refractivity contribution < 1.29 is 29.0 Å². The van der Waals surface area contributed by atoms with Gasteiger partial charge in [0.05, 0.1) is 6.61 Å². The molecule has 0 amide bonds. The van der Waals surface area contributed by atoms with Gasteiger partial charge in [-0.3, -0.25) is 9.59 Å². The van der Waals surface area contributed by atoms with Crippen LogP contribution in [0.5, 0.6) is 5.75 Å². The number of carbonyl (C=O) groups is 3. The highest BCUT2D eigenvalue weighted by molar-refractivity contribution is 5.81. The number of benzene rings is 1. The maximum atomic E-state index is 11.6. The van der Waals surface area contributed by atoms with Crippen molar-refractivity contribution in [3.8, 4) is 5.75 Å². The van der Waals surface area contributed by atoms with Gasteiger partial charge in [-0.15, -0.1) is 0 Å². The molecule has 0 spiro atoms. The molecule has 0 saturated carbocycles. The number of carboxylic acids is 1. The number of aryl methyl sites for hydroxylation is 1. The molecule has 0 fully saturated rings. The SMILES string of the molecule is C=CC(=O)OCCCC(=O)Oc1ccc(CCC(=O)O)cc1. The summed E-state index contributed by atoms with van der Waals surface area (Å²) in [5, 5.41) is 8.60. The molecule has 6 heteroatoms. The van der Waals surface area contributed by atoms with E-state index in [4.69, 9.17) is 14.6 Å². The zero-order valence-corrected chi connectivity index (χ0v) is 12.1. The molecule has 1 aromatic rings. The van der Waals surface area contributed by atoms with E-state index in [2.05, 4.69) is 6.58 Å². The molecular weight excluding hydrogens is 288 g/mol. The van der Waals surface area contributed by atoms with Gasteiger partial charge in [0.2, 0.25) is 0 Å². The lowest BCUT2D eigenvalue weighted by atomic mass is 10.1. The lowest BCUT2D eigenvalue weighted by Gasteiger charge is -2.06. The number of rotatable bonds is 9. The number of carbonyl (C=O) groups excluding carboxylic acids is 2. The number of hydrogen-bond acceptors (Lipinski definition) is 5. The van der Waals surface area contributed by atoms with Crippen molar-refractivity contribution in [3.63, 3.8) is 0 Å². The average molecular weight is 306 g/mol. The molecule has 1 rings (SSSR count). The molecule has 0 unspecified atom stereocenters. The van der Waals surface area contributed by atoms with Gasteiger partial charge in [-0.25, -0.2) is 4.79 Å². The monoisotopic (exact) mass is 306 g/mol. The molecule has 0 saturated heterocycles. The molecule has 6 nitrogen and oxygen atoms in total. The first kappa shape index (κ1) is 17.4. The van der Waals surface area contributed by atoms with E-state index in [0.717, 1.165) is 11.6 Å². The summed E-state index contributed by atoms with van der Waals surface area (Å²) in [6, 6.07) is 6.68. The van der Waals surface area contributed by atoms with Gasteiger partial charge in [0.1, 0.15) is 5.75 Å². The van der Waals surface area contributed by atoms with Crippen molar-refractivity contribution in [3.05, 3.63) is 42.5 Å². The van der Waals surface area contributed by atoms with Crippen LogP contribution in [0, 0.1) is 0 Å². The number of esters is 2. The summed E-state index contributed by atoms with van der Waals surface area (Å²) < 4.78 is 9.85. The third-order valence-corrected chi connectivity index (χ3v) is 2.72. The topological polar surface area (TPSA) is 89.9 Å². The van der Waals surface area contributed by atoms with Crippen LogP contribution in [-0.2, 0) is 25.5 Å². The number of ether oxygens (including phenoxy) is 2. The van der Waals surface area contributed by atoms with Crippen molar-refractivity contribution in [2.45, 2.75) is 25.7 Å². The second-order valence-electron chi connectivity index (χ2n) is 4.49. The van der Waals surface area contributed by atoms with Crippen molar-refractivity contribution in [1.29, 1.82) is 0 Å². The van der Waals surface area contributed by atoms with Crippen LogP contribution >= 0.6 is 0 Å². The minimum absolute atomic E-state index is 0.0581. The lowest BCUT2D eigenvalue weighted by molar-refractivity contribution is -0.140. The third kappa shape index (κ3) is 7.23. The Labute approximate surface area is 128 Å². The summed E-state index contributed by atoms with van der Waals surface area (Å²) in [7, 11) is 0. The normalized spacial score (nSPS) is 9.82. The Morgan fingerprint density at radius 2 is 1.82 bits per heavy atom. The predicted octanol–water partition coefficient (Wildman–Crippen LogP) is 2.12. The molecule has 1 N–H and O–H groups in total. The molecule has 22 heavy (non-hydrogen) atoms. The van der Waals surface area contributed by atoms with Crippen molar-refractivity contribution in [2.24, 2.45) is 0 Å². The van der Waals surface area contributed by atoms with Crippen LogP contribution in [0.2, 0.25) is 0 Å². The van der Waals surface area contributed by atoms with Gasteiger partial charge in [0, 0.05) is 18.9 Å². The number of carboxylic acid groups (broad SMARTS) is 1. The summed E-state index contributed by atoms with van der Waals surface area (Å²) in [6.45, 7) is 3.39. The largest absolute Gasteiger partial charge is 0.481 e. The number of hydrogen-bond donors (Lipinski definition) is 1. The fourth-order valence-corrected chi connectivity index (χ4v) is 1.61. The van der Waals surface area contributed by atoms with E-state index < -0.39 is 17.9 Å². The van der Waals surface area contributed by atoms with Gasteiger partial charge in [-0.2, -0.15) is 0 Å². The first-order valence-corrected chi connectivity index (χ1v) is 6.82. The van der Waals surface area contributed by atoms with Crippen LogP contribution in [0.1, 0.15) is 24.8 Å². The Morgan fingerprint density at radius 1 is 1.14 bits per heavy atom. The molecule has 0 aliphatic heterocycles. The van der Waals surface area contributed by atoms with Gasteiger partial charge in [0.25, 0.3) is 0 Å². The maximum Gasteiger partial charge on any atom is 0.330 e. The Balaban J connectivity index is 2.30. The highest BCUT2D eigenvalue weighted by Gasteiger charge is 2.06. The molecule has 0 radical (unpaired) electrons. The molecular formula is C16H18O6. The Kier molecular flexibility index (Phi) is 7.39. The predicted molar refractivity (Wildman–Crippen MR) is 78.4 cm³/mol. The van der Waals surface area contributed by atoms with Gasteiger partial charge in [-0.1, -0.05) is 18.7 Å². The summed E-state index contributed by atoms with van der Waals surface area (Å²) in [5.41, 5.74) is 0.860. The first-order valence-electron chi connectivity index (χ1n) is 6.82. The smallest absolute Gasteiger partial charge is 0.330 e. The van der Waals surface area contributed by atoms with Crippen LogP contribution in [0.3, 0.4) is 0 Å². The van der Waals surface area contributed by atoms with Crippen LogP contribution in [-0.4, -0.2) is 29.6 Å². The van der Waals surface area contributed by atoms with E-state index in [1.54, 1.807) is 24.3 Å². The Morgan fingerprint density at radius 3 is 2.41 bits per heavy atom. The highest BCUT2D eigenvalue weighted by atomic mass is 16.5. The quantitative estimate of drug-likeness (QED) is 0.325. The average Bonchev–Trinajstić information content (AvgIpc) is 2.50. The second kappa shape index (κ2) is 9.33. The molecule has 118 valence electrons. The number of aliphatic carboxylic acids is 1. The first-order chi connectivity index (χ1) is 10.5. The highest BCUT2D eigenvalue weighted by Crippen LogP contribution is 2.14. The second-order valence-corrected chi connectivity index (χ2v) is 4.49. The van der Waals surface area contributed by atoms with E-state index in [1.807, 2.05) is 0 Å². The van der Waals surface area contributed by atoms with E-state index in [9.17, 15) is 14.4 Å². The van der Waals surface area contributed by atoms with E-state index in [1.165, 1.54) is 0 Å². The molecule has 0 bridgehead atoms. The fourth-order valence-electron chi connectivity index (χ4n) is 1.61. The molecule has 0 aliphatic rings. The third-order valence-electron chi connectivity index (χ3n) is 2.72. The Hall–Kier alpha value is -2.63. The van der Waals surface area contributed by atoms with E-state index >= 15 is 0 Å². The maximum absolute atomic E-state index is 11.6. The summed E-state index contributed by atoms with van der Waals surface area (Å²) in [4.78, 5) is 32.8. The van der Waals surface area contributed by atoms with Gasteiger partial charge in [-0.05, 0) is 30.5 Å². The molecule has 0 atom stereocenters. The van der Waals surface area contributed by atoms with Crippen LogP contribution in [0.15, 0.2) is 36.9 Å². The molecule has 0 aliphatic carbocycles. The zero-order valence-electron chi connectivity index (χ0n) is 12.1. The summed E-state index contributed by atoms with van der Waals surface area (Å²) in [6.07, 6.45) is 2.05. The zero-order chi connectivity index (χ0) is 16.4. The molecule has 1 aromatic carbocycles. The minimum atomic E-state index is -0.854. The van der Waals surface area contributed by atoms with Crippen molar-refractivity contribution in [2.75, 3.05) is 6.61 Å². The summed E-state index contributed by atoms with van der Waals surface area (Å²) >= 11 is 0. The van der Waals surface area contributed by atoms with Crippen LogP contribution in [0.4, 0.5) is 0 Å². The standard InChI is InChI=1S/C16H18O6/c1-2-15(19)21-11-3-4-16(20)22-13-8-5-12(6-9-13)7-10-14(17)18/h2,5-6,8-9H,1,3-4,7,10-11H2,(H,17,18). The van der Waals surface area contributed by atoms with Gasteiger partial charge < -0.3 is 14.6 Å². The lowest BCUT2D eigenvalue weighted by Crippen LogP contribution is -2.10. The van der Waals surface area contributed by atoms with Crippen molar-refractivity contribution >= 4 is 17.9 Å². The van der Waals surface area contributed by atoms with Gasteiger partial charge >= 0.3 is 17.9 Å². The van der Waals surface area contributed by atoms with E-state index in [0.29, 0.717) is 18.6 Å². The Bertz CT molecular complexity index is 532. The van der Waals surface area contributed by atoms with Gasteiger partial charge in [0.15, 0.2) is 0 Å². The van der Waals surface area contributed by atoms with E-state index in [-0.39, 0.29) is 19.4 Å². The molecule has 0 heterocycles. The fraction of sp³-hybridized carbons (Fsp3) is 0.312.